The van der Waals surface area contributed by atoms with Crippen LogP contribution in [0.3, 0.4) is 0 Å². The number of ether oxygens (including phenoxy) is 1. The molecule has 0 aliphatic carbocycles. The van der Waals surface area contributed by atoms with E-state index in [1.165, 1.54) is 0 Å². The van der Waals surface area contributed by atoms with Gasteiger partial charge < -0.3 is 15.0 Å². The fourth-order valence-electron chi connectivity index (χ4n) is 2.91. The summed E-state index contributed by atoms with van der Waals surface area (Å²) in [6, 6.07) is 5.90. The van der Waals surface area contributed by atoms with Gasteiger partial charge in [-0.1, -0.05) is 13.0 Å². The number of likely N-dealkylation sites (tertiary alicyclic amines) is 1. The Morgan fingerprint density at radius 2 is 2.08 bits per heavy atom. The first-order valence-electron chi connectivity index (χ1n) is 8.43. The second kappa shape index (κ2) is 10.3. The lowest BCUT2D eigenvalue weighted by Crippen LogP contribution is -2.45. The maximum Gasteiger partial charge on any atom is 0.263 e. The van der Waals surface area contributed by atoms with Gasteiger partial charge in [0, 0.05) is 13.1 Å². The largest absolute Gasteiger partial charge is 0.480 e. The molecule has 1 N–H and O–H groups in total. The van der Waals surface area contributed by atoms with Crippen LogP contribution in [0.2, 0.25) is 0 Å². The summed E-state index contributed by atoms with van der Waals surface area (Å²) < 4.78 is 6.75. The Morgan fingerprint density at radius 3 is 2.67 bits per heavy atom. The molecule has 4 nitrogen and oxygen atoms in total. The lowest BCUT2D eigenvalue weighted by Gasteiger charge is -2.33. The van der Waals surface area contributed by atoms with E-state index in [0.29, 0.717) is 5.92 Å². The van der Waals surface area contributed by atoms with Crippen LogP contribution < -0.4 is 10.1 Å². The predicted octanol–water partition coefficient (Wildman–Crippen LogP) is 3.79. The van der Waals surface area contributed by atoms with Crippen LogP contribution in [0.1, 0.15) is 32.3 Å². The Hall–Kier alpha value is -0.780. The highest BCUT2D eigenvalue weighted by atomic mass is 79.9. The number of nitrogens with zero attached hydrogens (tertiary/aromatic N) is 1. The van der Waals surface area contributed by atoms with E-state index >= 15 is 0 Å². The van der Waals surface area contributed by atoms with Gasteiger partial charge in [0.05, 0.1) is 4.47 Å². The van der Waals surface area contributed by atoms with E-state index in [2.05, 4.69) is 28.2 Å². The molecule has 0 aromatic heterocycles. The van der Waals surface area contributed by atoms with Crippen LogP contribution >= 0.6 is 28.3 Å². The van der Waals surface area contributed by atoms with Gasteiger partial charge in [-0.05, 0) is 79.3 Å². The summed E-state index contributed by atoms with van der Waals surface area (Å²) in [7, 11) is 0. The number of amides is 1. The van der Waals surface area contributed by atoms with Crippen molar-refractivity contribution in [3.8, 4) is 5.75 Å². The lowest BCUT2D eigenvalue weighted by molar-refractivity contribution is -0.139. The Kier molecular flexibility index (Phi) is 9.09. The summed E-state index contributed by atoms with van der Waals surface area (Å²) in [5.74, 6) is 1.49. The molecule has 136 valence electrons. The van der Waals surface area contributed by atoms with E-state index in [1.807, 2.05) is 36.9 Å². The molecule has 1 saturated heterocycles. The number of carbonyl (C=O) groups excluding carboxylic acids is 1. The molecular weight excluding hydrogens is 392 g/mol. The number of aryl methyl sites for hydroxylation is 1. The summed E-state index contributed by atoms with van der Waals surface area (Å²) in [4.78, 5) is 14.5. The Balaban J connectivity index is 0.00000288. The zero-order valence-electron chi connectivity index (χ0n) is 14.7. The highest BCUT2D eigenvalue weighted by molar-refractivity contribution is 9.10. The number of benzene rings is 1. The summed E-state index contributed by atoms with van der Waals surface area (Å²) in [5.41, 5.74) is 1.16. The Morgan fingerprint density at radius 1 is 1.42 bits per heavy atom. The third-order valence-electron chi connectivity index (χ3n) is 4.35. The summed E-state index contributed by atoms with van der Waals surface area (Å²) in [5, 5.41) is 3.39. The average molecular weight is 420 g/mol. The Bertz CT molecular complexity index is 534. The SMILES string of the molecule is CCNCC1CCN(C(=O)C(C)Oc2ccc(C)cc2Br)CC1.Cl. The molecule has 1 heterocycles. The van der Waals surface area contributed by atoms with Crippen LogP contribution in [0, 0.1) is 12.8 Å². The second-order valence-electron chi connectivity index (χ2n) is 6.27. The molecule has 6 heteroatoms. The van der Waals surface area contributed by atoms with Crippen molar-refractivity contribution in [2.24, 2.45) is 5.92 Å². The molecule has 0 saturated carbocycles. The van der Waals surface area contributed by atoms with Crippen LogP contribution in [0.15, 0.2) is 22.7 Å². The normalized spacial score (nSPS) is 16.4. The molecule has 1 atom stereocenters. The van der Waals surface area contributed by atoms with Crippen molar-refractivity contribution in [1.29, 1.82) is 0 Å². The monoisotopic (exact) mass is 418 g/mol. The molecule has 1 unspecified atom stereocenters. The molecule has 1 aliphatic rings. The van der Waals surface area contributed by atoms with Crippen molar-refractivity contribution in [2.45, 2.75) is 39.7 Å². The minimum Gasteiger partial charge on any atom is -0.480 e. The van der Waals surface area contributed by atoms with Crippen LogP contribution in [-0.2, 0) is 4.79 Å². The molecule has 1 aromatic rings. The molecule has 1 amide bonds. The van der Waals surface area contributed by atoms with E-state index in [4.69, 9.17) is 4.74 Å². The minimum absolute atomic E-state index is 0. The molecule has 1 aromatic carbocycles. The number of carbonyl (C=O) groups is 1. The molecule has 24 heavy (non-hydrogen) atoms. The van der Waals surface area contributed by atoms with Gasteiger partial charge in [-0.15, -0.1) is 12.4 Å². The molecule has 0 spiro atoms. The molecule has 2 rings (SSSR count). The standard InChI is InChI=1S/C18H27BrN2O2.ClH/c1-4-20-12-15-7-9-21(10-8-15)18(22)14(3)23-17-6-5-13(2)11-16(17)19;/h5-6,11,14-15,20H,4,7-10,12H2,1-3H3;1H. The summed E-state index contributed by atoms with van der Waals surface area (Å²) >= 11 is 3.50. The fraction of sp³-hybridized carbons (Fsp3) is 0.611. The van der Waals surface area contributed by atoms with Gasteiger partial charge in [-0.2, -0.15) is 0 Å². The maximum absolute atomic E-state index is 12.6. The lowest BCUT2D eigenvalue weighted by atomic mass is 9.96. The molecular formula is C18H28BrClN2O2. The van der Waals surface area contributed by atoms with Gasteiger partial charge in [0.25, 0.3) is 5.91 Å². The first kappa shape index (κ1) is 21.3. The van der Waals surface area contributed by atoms with Crippen LogP contribution in [0.25, 0.3) is 0 Å². The van der Waals surface area contributed by atoms with Gasteiger partial charge in [0.15, 0.2) is 6.10 Å². The van der Waals surface area contributed by atoms with Crippen molar-refractivity contribution in [3.63, 3.8) is 0 Å². The number of halogens is 2. The van der Waals surface area contributed by atoms with Crippen molar-refractivity contribution in [3.05, 3.63) is 28.2 Å². The third kappa shape index (κ3) is 5.94. The van der Waals surface area contributed by atoms with Crippen molar-refractivity contribution in [1.82, 2.24) is 10.2 Å². The zero-order chi connectivity index (χ0) is 16.8. The molecule has 1 aliphatic heterocycles. The number of rotatable bonds is 6. The van der Waals surface area contributed by atoms with Gasteiger partial charge in [0.2, 0.25) is 0 Å². The van der Waals surface area contributed by atoms with Crippen molar-refractivity contribution >= 4 is 34.2 Å². The van der Waals surface area contributed by atoms with E-state index < -0.39 is 6.10 Å². The van der Waals surface area contributed by atoms with Gasteiger partial charge >= 0.3 is 0 Å². The van der Waals surface area contributed by atoms with E-state index in [1.54, 1.807) is 0 Å². The Labute approximate surface area is 159 Å². The van der Waals surface area contributed by atoms with Crippen LogP contribution in [-0.4, -0.2) is 43.1 Å². The minimum atomic E-state index is -0.459. The highest BCUT2D eigenvalue weighted by Crippen LogP contribution is 2.27. The van der Waals surface area contributed by atoms with Crippen LogP contribution in [0.4, 0.5) is 0 Å². The first-order chi connectivity index (χ1) is 11.0. The van der Waals surface area contributed by atoms with E-state index in [9.17, 15) is 4.79 Å². The number of nitrogens with one attached hydrogen (secondary N) is 1. The summed E-state index contributed by atoms with van der Waals surface area (Å²) in [6.45, 7) is 9.71. The van der Waals surface area contributed by atoms with E-state index in [-0.39, 0.29) is 18.3 Å². The first-order valence-corrected chi connectivity index (χ1v) is 9.23. The smallest absolute Gasteiger partial charge is 0.263 e. The van der Waals surface area contributed by atoms with Gasteiger partial charge in [0.1, 0.15) is 5.75 Å². The molecule has 0 radical (unpaired) electrons. The quantitative estimate of drug-likeness (QED) is 0.762. The van der Waals surface area contributed by atoms with Crippen molar-refractivity contribution < 1.29 is 9.53 Å². The number of hydrogen-bond donors (Lipinski definition) is 1. The number of piperidine rings is 1. The summed E-state index contributed by atoms with van der Waals surface area (Å²) in [6.07, 6.45) is 1.68. The molecule has 1 fully saturated rings. The van der Waals surface area contributed by atoms with Gasteiger partial charge in [-0.3, -0.25) is 4.79 Å². The van der Waals surface area contributed by atoms with Gasteiger partial charge in [-0.25, -0.2) is 0 Å². The van der Waals surface area contributed by atoms with Crippen molar-refractivity contribution in [2.75, 3.05) is 26.2 Å². The predicted molar refractivity (Wildman–Crippen MR) is 104 cm³/mol. The maximum atomic E-state index is 12.6. The van der Waals surface area contributed by atoms with Crippen LogP contribution in [0.5, 0.6) is 5.75 Å². The average Bonchev–Trinajstić information content (AvgIpc) is 2.55. The van der Waals surface area contributed by atoms with E-state index in [0.717, 1.165) is 54.8 Å². The third-order valence-corrected chi connectivity index (χ3v) is 4.97. The number of hydrogen-bond acceptors (Lipinski definition) is 3. The highest BCUT2D eigenvalue weighted by Gasteiger charge is 2.27. The second-order valence-corrected chi connectivity index (χ2v) is 7.12. The fourth-order valence-corrected chi connectivity index (χ4v) is 3.49. The molecule has 0 bridgehead atoms. The zero-order valence-corrected chi connectivity index (χ0v) is 17.1. The topological polar surface area (TPSA) is 41.6 Å².